The monoisotopic (exact) mass is 299 g/mol. The van der Waals surface area contributed by atoms with Gasteiger partial charge in [0.1, 0.15) is 0 Å². The van der Waals surface area contributed by atoms with Crippen LogP contribution in [0.3, 0.4) is 0 Å². The number of nitrogens with zero attached hydrogens (tertiary/aromatic N) is 1. The minimum absolute atomic E-state index is 0.00937. The van der Waals surface area contributed by atoms with Crippen LogP contribution >= 0.6 is 0 Å². The van der Waals surface area contributed by atoms with Crippen molar-refractivity contribution in [2.75, 3.05) is 6.61 Å². The van der Waals surface area contributed by atoms with Gasteiger partial charge in [-0.25, -0.2) is 0 Å². The first kappa shape index (κ1) is 16.0. The van der Waals surface area contributed by atoms with E-state index in [0.29, 0.717) is 30.7 Å². The number of ether oxygens (including phenoxy) is 1. The molecule has 1 aromatic carbocycles. The first-order valence-corrected chi connectivity index (χ1v) is 7.44. The molecular formula is C18H21NO3. The molecule has 0 radical (unpaired) electrons. The van der Waals surface area contributed by atoms with Gasteiger partial charge in [0.15, 0.2) is 0 Å². The Morgan fingerprint density at radius 3 is 2.41 bits per heavy atom. The maximum absolute atomic E-state index is 12.5. The van der Waals surface area contributed by atoms with Gasteiger partial charge in [-0.2, -0.15) is 0 Å². The second-order valence-corrected chi connectivity index (χ2v) is 5.27. The van der Waals surface area contributed by atoms with E-state index in [1.165, 1.54) is 0 Å². The van der Waals surface area contributed by atoms with Gasteiger partial charge in [-0.05, 0) is 32.4 Å². The molecule has 0 atom stereocenters. The SMILES string of the molecule is CCOC(=O)CCc1ccc(C(=O)c2ccc(C)cc2)n1C. The Labute approximate surface area is 130 Å². The van der Waals surface area contributed by atoms with Crippen molar-refractivity contribution in [3.05, 3.63) is 58.9 Å². The van der Waals surface area contributed by atoms with Crippen LogP contribution in [0.15, 0.2) is 36.4 Å². The van der Waals surface area contributed by atoms with Gasteiger partial charge in [0.2, 0.25) is 5.78 Å². The second kappa shape index (κ2) is 7.07. The molecule has 0 spiro atoms. The maximum Gasteiger partial charge on any atom is 0.306 e. The average Bonchev–Trinajstić information content (AvgIpc) is 2.86. The van der Waals surface area contributed by atoms with Crippen molar-refractivity contribution in [2.45, 2.75) is 26.7 Å². The van der Waals surface area contributed by atoms with Crippen LogP contribution in [0.1, 0.15) is 40.7 Å². The number of hydrogen-bond acceptors (Lipinski definition) is 3. The first-order chi connectivity index (χ1) is 10.5. The van der Waals surface area contributed by atoms with Gasteiger partial charge in [-0.1, -0.05) is 29.8 Å². The van der Waals surface area contributed by atoms with E-state index < -0.39 is 0 Å². The molecule has 0 aliphatic rings. The lowest BCUT2D eigenvalue weighted by Gasteiger charge is -2.07. The van der Waals surface area contributed by atoms with E-state index >= 15 is 0 Å². The molecular weight excluding hydrogens is 278 g/mol. The second-order valence-electron chi connectivity index (χ2n) is 5.27. The molecule has 0 saturated carbocycles. The van der Waals surface area contributed by atoms with Gasteiger partial charge in [0, 0.05) is 18.3 Å². The summed E-state index contributed by atoms with van der Waals surface area (Å²) in [5, 5.41) is 0. The number of esters is 1. The zero-order valence-corrected chi connectivity index (χ0v) is 13.3. The Balaban J connectivity index is 2.11. The maximum atomic E-state index is 12.5. The number of benzene rings is 1. The predicted molar refractivity (Wildman–Crippen MR) is 85.0 cm³/mol. The number of ketones is 1. The number of carbonyl (C=O) groups is 2. The van der Waals surface area contributed by atoms with Crippen LogP contribution < -0.4 is 0 Å². The van der Waals surface area contributed by atoms with Gasteiger partial charge in [-0.3, -0.25) is 9.59 Å². The van der Waals surface area contributed by atoms with E-state index in [1.54, 1.807) is 6.92 Å². The molecule has 1 heterocycles. The number of aryl methyl sites for hydroxylation is 2. The third kappa shape index (κ3) is 3.64. The van der Waals surface area contributed by atoms with Crippen LogP contribution in [0.2, 0.25) is 0 Å². The van der Waals surface area contributed by atoms with Crippen LogP contribution in [0, 0.1) is 6.92 Å². The van der Waals surface area contributed by atoms with E-state index in [-0.39, 0.29) is 11.8 Å². The Kier molecular flexibility index (Phi) is 5.15. The molecule has 2 aromatic rings. The quantitative estimate of drug-likeness (QED) is 0.608. The predicted octanol–water partition coefficient (Wildman–Crippen LogP) is 3.06. The number of carbonyl (C=O) groups excluding carboxylic acids is 2. The average molecular weight is 299 g/mol. The van der Waals surface area contributed by atoms with E-state index in [0.717, 1.165) is 11.3 Å². The largest absolute Gasteiger partial charge is 0.466 e. The fourth-order valence-electron chi connectivity index (χ4n) is 2.35. The molecule has 0 saturated heterocycles. The van der Waals surface area contributed by atoms with Gasteiger partial charge < -0.3 is 9.30 Å². The fraction of sp³-hybridized carbons (Fsp3) is 0.333. The summed E-state index contributed by atoms with van der Waals surface area (Å²) in [7, 11) is 1.85. The molecule has 1 aromatic heterocycles. The summed E-state index contributed by atoms with van der Waals surface area (Å²) in [5.74, 6) is -0.222. The lowest BCUT2D eigenvalue weighted by atomic mass is 10.1. The van der Waals surface area contributed by atoms with Crippen molar-refractivity contribution >= 4 is 11.8 Å². The van der Waals surface area contributed by atoms with Crippen molar-refractivity contribution in [3.8, 4) is 0 Å². The van der Waals surface area contributed by atoms with E-state index in [2.05, 4.69) is 0 Å². The highest BCUT2D eigenvalue weighted by Crippen LogP contribution is 2.15. The highest BCUT2D eigenvalue weighted by molar-refractivity contribution is 6.08. The molecule has 116 valence electrons. The van der Waals surface area contributed by atoms with Crippen LogP contribution in [-0.2, 0) is 23.0 Å². The Morgan fingerprint density at radius 2 is 1.77 bits per heavy atom. The minimum atomic E-state index is -0.213. The van der Waals surface area contributed by atoms with E-state index in [9.17, 15) is 9.59 Å². The molecule has 0 aliphatic carbocycles. The fourth-order valence-corrected chi connectivity index (χ4v) is 2.35. The molecule has 0 fully saturated rings. The number of aromatic nitrogens is 1. The normalized spacial score (nSPS) is 10.5. The third-order valence-corrected chi connectivity index (χ3v) is 3.66. The van der Waals surface area contributed by atoms with Crippen molar-refractivity contribution in [3.63, 3.8) is 0 Å². The molecule has 0 bridgehead atoms. The Morgan fingerprint density at radius 1 is 1.09 bits per heavy atom. The van der Waals surface area contributed by atoms with Crippen LogP contribution in [0.5, 0.6) is 0 Å². The third-order valence-electron chi connectivity index (χ3n) is 3.66. The first-order valence-electron chi connectivity index (χ1n) is 7.44. The molecule has 0 aliphatic heterocycles. The molecule has 22 heavy (non-hydrogen) atoms. The van der Waals surface area contributed by atoms with Crippen LogP contribution in [-0.4, -0.2) is 22.9 Å². The summed E-state index contributed by atoms with van der Waals surface area (Å²) in [6.07, 6.45) is 0.889. The van der Waals surface area contributed by atoms with Crippen LogP contribution in [0.4, 0.5) is 0 Å². The van der Waals surface area contributed by atoms with Crippen molar-refractivity contribution in [1.29, 1.82) is 0 Å². The van der Waals surface area contributed by atoms with Gasteiger partial charge in [0.25, 0.3) is 0 Å². The lowest BCUT2D eigenvalue weighted by molar-refractivity contribution is -0.143. The van der Waals surface area contributed by atoms with Gasteiger partial charge in [-0.15, -0.1) is 0 Å². The van der Waals surface area contributed by atoms with Crippen molar-refractivity contribution < 1.29 is 14.3 Å². The topological polar surface area (TPSA) is 48.3 Å². The molecule has 0 N–H and O–H groups in total. The van der Waals surface area contributed by atoms with Crippen molar-refractivity contribution in [2.24, 2.45) is 7.05 Å². The van der Waals surface area contributed by atoms with Crippen molar-refractivity contribution in [1.82, 2.24) is 4.57 Å². The number of hydrogen-bond donors (Lipinski definition) is 0. The molecule has 0 amide bonds. The highest BCUT2D eigenvalue weighted by Gasteiger charge is 2.15. The highest BCUT2D eigenvalue weighted by atomic mass is 16.5. The van der Waals surface area contributed by atoms with E-state index in [1.807, 2.05) is 54.9 Å². The molecule has 4 nitrogen and oxygen atoms in total. The number of rotatable bonds is 6. The lowest BCUT2D eigenvalue weighted by Crippen LogP contribution is -2.11. The summed E-state index contributed by atoms with van der Waals surface area (Å²) >= 11 is 0. The summed E-state index contributed by atoms with van der Waals surface area (Å²) in [6.45, 7) is 4.17. The Hall–Kier alpha value is -2.36. The summed E-state index contributed by atoms with van der Waals surface area (Å²) in [6, 6.07) is 11.2. The van der Waals surface area contributed by atoms with Gasteiger partial charge in [0.05, 0.1) is 18.7 Å². The molecule has 2 rings (SSSR count). The Bertz CT molecular complexity index is 668. The molecule has 4 heteroatoms. The van der Waals surface area contributed by atoms with Crippen LogP contribution in [0.25, 0.3) is 0 Å². The van der Waals surface area contributed by atoms with Gasteiger partial charge >= 0.3 is 5.97 Å². The summed E-state index contributed by atoms with van der Waals surface area (Å²) < 4.78 is 6.77. The zero-order chi connectivity index (χ0) is 16.1. The standard InChI is InChI=1S/C18H21NO3/c1-4-22-17(20)12-10-15-9-11-16(19(15)3)18(21)14-7-5-13(2)6-8-14/h5-9,11H,4,10,12H2,1-3H3. The van der Waals surface area contributed by atoms with E-state index in [4.69, 9.17) is 4.74 Å². The zero-order valence-electron chi connectivity index (χ0n) is 13.3. The smallest absolute Gasteiger partial charge is 0.306 e. The summed E-state index contributed by atoms with van der Waals surface area (Å²) in [5.41, 5.74) is 3.37. The minimum Gasteiger partial charge on any atom is -0.466 e. The molecule has 0 unspecified atom stereocenters. The summed E-state index contributed by atoms with van der Waals surface area (Å²) in [4.78, 5) is 23.9.